The van der Waals surface area contributed by atoms with Crippen molar-refractivity contribution in [2.24, 2.45) is 5.92 Å². The van der Waals surface area contributed by atoms with E-state index < -0.39 is 5.92 Å². The summed E-state index contributed by atoms with van der Waals surface area (Å²) in [6.45, 7) is 7.24. The van der Waals surface area contributed by atoms with E-state index in [0.29, 0.717) is 77.6 Å². The van der Waals surface area contributed by atoms with E-state index in [4.69, 9.17) is 4.74 Å². The van der Waals surface area contributed by atoms with E-state index in [1.807, 2.05) is 56.3 Å². The second-order valence-corrected chi connectivity index (χ2v) is 13.5. The summed E-state index contributed by atoms with van der Waals surface area (Å²) in [6.07, 6.45) is 3.07. The van der Waals surface area contributed by atoms with Crippen LogP contribution in [0.2, 0.25) is 0 Å². The van der Waals surface area contributed by atoms with Gasteiger partial charge in [0, 0.05) is 37.9 Å². The zero-order valence-corrected chi connectivity index (χ0v) is 27.4. The first-order chi connectivity index (χ1) is 22.6. The smallest absolute Gasteiger partial charge is 0.343 e. The number of aromatic hydroxyl groups is 1. The molecule has 2 amide bonds. The predicted octanol–water partition coefficient (Wildman–Crippen LogP) is 3.31. The van der Waals surface area contributed by atoms with Gasteiger partial charge in [-0.05, 0) is 49.8 Å². The van der Waals surface area contributed by atoms with Crippen LogP contribution in [0.15, 0.2) is 47.3 Å². The van der Waals surface area contributed by atoms with Crippen LogP contribution in [0.5, 0.6) is 5.75 Å². The maximum atomic E-state index is 14.1. The maximum absolute atomic E-state index is 14.1. The van der Waals surface area contributed by atoms with Crippen molar-refractivity contribution in [3.63, 3.8) is 0 Å². The minimum atomic E-state index is -0.597. The summed E-state index contributed by atoms with van der Waals surface area (Å²) in [5.74, 6) is -0.0431. The molecule has 1 atom stereocenters. The first-order valence-electron chi connectivity index (χ1n) is 16.9. The molecule has 0 aliphatic carbocycles. The number of hydroxylamine groups is 3. The Labute approximate surface area is 275 Å². The summed E-state index contributed by atoms with van der Waals surface area (Å²) >= 11 is 0. The molecule has 3 aromatic rings. The number of rotatable bonds is 8. The van der Waals surface area contributed by atoms with Crippen molar-refractivity contribution in [3.05, 3.63) is 74.8 Å². The molecule has 3 aliphatic rings. The largest absolute Gasteiger partial charge is 0.632 e. The van der Waals surface area contributed by atoms with E-state index in [0.717, 1.165) is 35.1 Å². The normalized spacial score (nSPS) is 19.9. The van der Waals surface area contributed by atoms with Gasteiger partial charge in [-0.25, -0.2) is 9.48 Å². The number of likely N-dealkylation sites (tertiary alicyclic amines) is 1. The second kappa shape index (κ2) is 14.0. The van der Waals surface area contributed by atoms with Crippen molar-refractivity contribution in [2.75, 3.05) is 52.5 Å². The monoisotopic (exact) mass is 646 g/mol. The van der Waals surface area contributed by atoms with E-state index in [9.17, 15) is 24.7 Å². The third-order valence-electron chi connectivity index (χ3n) is 10.3. The van der Waals surface area contributed by atoms with Crippen molar-refractivity contribution in [2.45, 2.75) is 64.5 Å². The number of quaternary nitrogens is 1. The Balaban J connectivity index is 1.12. The quantitative estimate of drug-likeness (QED) is 0.282. The number of piperidine rings is 1. The SMILES string of the molecule is Cc1cc(C[C@@H](CC(=O)N2CCC(n3nc(-c4ccccc4)[nH]c3=O)CC2)C(=O)N2CC[N+]([O-])(C3CCOCC3)CC2)cc(C)c1O. The molecule has 1 aromatic heterocycles. The molecule has 6 rings (SSSR count). The number of nitrogens with zero attached hydrogens (tertiary/aromatic N) is 5. The molecule has 47 heavy (non-hydrogen) atoms. The van der Waals surface area contributed by atoms with Gasteiger partial charge in [0.15, 0.2) is 5.82 Å². The van der Waals surface area contributed by atoms with Gasteiger partial charge in [-0.15, -0.1) is 5.10 Å². The number of ether oxygens (including phenoxy) is 1. The van der Waals surface area contributed by atoms with Crippen LogP contribution >= 0.6 is 0 Å². The standard InChI is InChI=1S/C35H46N6O6/c1-24-20-26(21-25(2)32(24)43)22-28(34(44)39-14-16-41(46,17-15-39)30-10-18-47-19-11-30)23-31(42)38-12-8-29(9-13-38)40-35(45)36-33(37-40)27-6-4-3-5-7-27/h3-7,20-21,28-30,43H,8-19,22-23H2,1-2H3,(H,36,37,45)/t28-/m0/s1. The maximum Gasteiger partial charge on any atom is 0.343 e. The molecule has 3 saturated heterocycles. The molecule has 2 N–H and O–H groups in total. The zero-order chi connectivity index (χ0) is 33.1. The van der Waals surface area contributed by atoms with Crippen LogP contribution in [-0.4, -0.2) is 105 Å². The summed E-state index contributed by atoms with van der Waals surface area (Å²) in [6, 6.07) is 13.1. The molecule has 0 spiro atoms. The van der Waals surface area contributed by atoms with E-state index in [-0.39, 0.29) is 46.4 Å². The van der Waals surface area contributed by atoms with Crippen LogP contribution < -0.4 is 5.69 Å². The van der Waals surface area contributed by atoms with E-state index in [2.05, 4.69) is 10.1 Å². The highest BCUT2D eigenvalue weighted by atomic mass is 16.6. The molecular formula is C35H46N6O6. The van der Waals surface area contributed by atoms with E-state index in [1.54, 1.807) is 9.80 Å². The Bertz CT molecular complexity index is 1590. The number of hydrogen-bond acceptors (Lipinski definition) is 7. The molecule has 12 nitrogen and oxygen atoms in total. The van der Waals surface area contributed by atoms with Gasteiger partial charge in [0.1, 0.15) is 5.75 Å². The number of phenols is 1. The number of aromatic nitrogens is 3. The summed E-state index contributed by atoms with van der Waals surface area (Å²) in [7, 11) is 0. The number of carbonyl (C=O) groups is 2. The highest BCUT2D eigenvalue weighted by molar-refractivity contribution is 5.86. The fourth-order valence-corrected chi connectivity index (χ4v) is 7.51. The Kier molecular flexibility index (Phi) is 9.81. The van der Waals surface area contributed by atoms with Gasteiger partial charge >= 0.3 is 5.69 Å². The molecule has 4 heterocycles. The summed E-state index contributed by atoms with van der Waals surface area (Å²) in [4.78, 5) is 47.0. The van der Waals surface area contributed by atoms with Crippen molar-refractivity contribution in [1.29, 1.82) is 0 Å². The lowest BCUT2D eigenvalue weighted by Gasteiger charge is -2.54. The fraction of sp³-hybridized carbons (Fsp3) is 0.543. The van der Waals surface area contributed by atoms with Gasteiger partial charge in [0.05, 0.1) is 57.4 Å². The lowest BCUT2D eigenvalue weighted by atomic mass is 9.91. The number of aromatic amines is 1. The number of carbonyl (C=O) groups excluding carboxylic acids is 2. The minimum Gasteiger partial charge on any atom is -0.632 e. The number of aryl methyl sites for hydroxylation is 2. The molecule has 12 heteroatoms. The summed E-state index contributed by atoms with van der Waals surface area (Å²) < 4.78 is 6.67. The van der Waals surface area contributed by atoms with Crippen LogP contribution in [0, 0.1) is 25.0 Å². The average Bonchev–Trinajstić information content (AvgIpc) is 3.49. The molecule has 252 valence electrons. The van der Waals surface area contributed by atoms with Crippen molar-refractivity contribution >= 4 is 11.8 Å². The lowest BCUT2D eigenvalue weighted by molar-refractivity contribution is -0.910. The predicted molar refractivity (Wildman–Crippen MR) is 176 cm³/mol. The van der Waals surface area contributed by atoms with Gasteiger partial charge in [0.25, 0.3) is 0 Å². The minimum absolute atomic E-state index is 0.00602. The first-order valence-corrected chi connectivity index (χ1v) is 16.9. The van der Waals surface area contributed by atoms with E-state index >= 15 is 0 Å². The van der Waals surface area contributed by atoms with Gasteiger partial charge < -0.3 is 29.5 Å². The third kappa shape index (κ3) is 7.29. The molecule has 0 radical (unpaired) electrons. The Morgan fingerprint density at radius 1 is 1.00 bits per heavy atom. The van der Waals surface area contributed by atoms with Gasteiger partial charge in [-0.2, -0.15) is 0 Å². The number of phenolic OH excluding ortho intramolecular Hbond substituents is 1. The lowest BCUT2D eigenvalue weighted by Crippen LogP contribution is -2.63. The Morgan fingerprint density at radius 2 is 1.64 bits per heavy atom. The van der Waals surface area contributed by atoms with Crippen LogP contribution in [0.1, 0.15) is 54.8 Å². The number of piperazine rings is 1. The molecular weight excluding hydrogens is 600 g/mol. The topological polar surface area (TPSA) is 144 Å². The molecule has 0 unspecified atom stereocenters. The number of hydrogen-bond donors (Lipinski definition) is 2. The number of benzene rings is 2. The molecule has 0 bridgehead atoms. The van der Waals surface area contributed by atoms with Crippen LogP contribution in [-0.2, 0) is 20.7 Å². The zero-order valence-electron chi connectivity index (χ0n) is 27.4. The van der Waals surface area contributed by atoms with Gasteiger partial charge in [-0.1, -0.05) is 42.5 Å². The molecule has 3 aliphatic heterocycles. The van der Waals surface area contributed by atoms with Crippen LogP contribution in [0.4, 0.5) is 0 Å². The average molecular weight is 647 g/mol. The second-order valence-electron chi connectivity index (χ2n) is 13.5. The Hall–Kier alpha value is -4.00. The molecule has 2 aromatic carbocycles. The third-order valence-corrected chi connectivity index (χ3v) is 10.3. The highest BCUT2D eigenvalue weighted by Gasteiger charge is 2.38. The van der Waals surface area contributed by atoms with E-state index in [1.165, 1.54) is 4.68 Å². The van der Waals surface area contributed by atoms with Crippen LogP contribution in [0.3, 0.4) is 0 Å². The number of amides is 2. The molecule has 3 fully saturated rings. The number of nitrogens with one attached hydrogen (secondary N) is 1. The molecule has 0 saturated carbocycles. The summed E-state index contributed by atoms with van der Waals surface area (Å²) in [5.41, 5.74) is 2.92. The van der Waals surface area contributed by atoms with Crippen molar-refractivity contribution in [1.82, 2.24) is 24.6 Å². The first kappa shape index (κ1) is 32.9. The van der Waals surface area contributed by atoms with Crippen molar-refractivity contribution < 1.29 is 24.1 Å². The van der Waals surface area contributed by atoms with Crippen molar-refractivity contribution in [3.8, 4) is 17.1 Å². The van der Waals surface area contributed by atoms with Crippen LogP contribution in [0.25, 0.3) is 11.4 Å². The highest BCUT2D eigenvalue weighted by Crippen LogP contribution is 2.29. The fourth-order valence-electron chi connectivity index (χ4n) is 7.51. The Morgan fingerprint density at radius 3 is 2.28 bits per heavy atom. The summed E-state index contributed by atoms with van der Waals surface area (Å²) in [5, 5.41) is 28.5. The number of H-pyrrole nitrogens is 1. The van der Waals surface area contributed by atoms with Gasteiger partial charge in [-0.3, -0.25) is 14.6 Å². The van der Waals surface area contributed by atoms with Gasteiger partial charge in [0.2, 0.25) is 11.8 Å².